The molecule has 1 aliphatic heterocycles. The average molecular weight is 448 g/mol. The third kappa shape index (κ3) is 6.78. The molecule has 2 rings (SSSR count). The second-order valence-corrected chi connectivity index (χ2v) is 5.66. The molecule has 24 heavy (non-hydrogen) atoms. The van der Waals surface area contributed by atoms with Crippen molar-refractivity contribution in [2.75, 3.05) is 65.4 Å². The fourth-order valence-corrected chi connectivity index (χ4v) is 2.46. The Kier molecular flexibility index (Phi) is 9.96. The molecule has 1 saturated heterocycles. The minimum absolute atomic E-state index is 0. The molecule has 136 valence electrons. The SMILES string of the molecule is CN=C(NCCOC)NCc1ccnc(N2CCN(C)CC2)c1.I. The summed E-state index contributed by atoms with van der Waals surface area (Å²) >= 11 is 0. The number of nitrogens with zero attached hydrogens (tertiary/aromatic N) is 4. The topological polar surface area (TPSA) is 65.0 Å². The lowest BCUT2D eigenvalue weighted by Crippen LogP contribution is -2.44. The normalized spacial score (nSPS) is 15.8. The standard InChI is InChI=1S/C16H28N6O.HI/c1-17-16(19-6-11-23-3)20-13-14-4-5-18-15(12-14)22-9-7-21(2)8-10-22;/h4-5,12H,6-11,13H2,1-3H3,(H2,17,19,20);1H. The number of pyridine rings is 1. The lowest BCUT2D eigenvalue weighted by molar-refractivity contribution is 0.203. The Bertz CT molecular complexity index is 505. The summed E-state index contributed by atoms with van der Waals surface area (Å²) in [5.74, 6) is 1.83. The van der Waals surface area contributed by atoms with E-state index in [1.54, 1.807) is 14.2 Å². The van der Waals surface area contributed by atoms with Crippen molar-refractivity contribution in [2.45, 2.75) is 6.54 Å². The number of methoxy groups -OCH3 is 1. The summed E-state index contributed by atoms with van der Waals surface area (Å²) in [5, 5.41) is 6.52. The van der Waals surface area contributed by atoms with Crippen molar-refractivity contribution in [3.8, 4) is 0 Å². The summed E-state index contributed by atoms with van der Waals surface area (Å²) in [6.07, 6.45) is 1.88. The number of hydrogen-bond donors (Lipinski definition) is 2. The van der Waals surface area contributed by atoms with Gasteiger partial charge in [0.15, 0.2) is 5.96 Å². The van der Waals surface area contributed by atoms with Gasteiger partial charge in [0.2, 0.25) is 0 Å². The van der Waals surface area contributed by atoms with Crippen molar-refractivity contribution in [3.63, 3.8) is 0 Å². The number of nitrogens with one attached hydrogen (secondary N) is 2. The molecule has 0 amide bonds. The van der Waals surface area contributed by atoms with Gasteiger partial charge in [-0.1, -0.05) is 0 Å². The summed E-state index contributed by atoms with van der Waals surface area (Å²) in [6, 6.07) is 4.19. The van der Waals surface area contributed by atoms with Gasteiger partial charge in [-0.15, -0.1) is 24.0 Å². The molecule has 0 atom stereocenters. The van der Waals surface area contributed by atoms with E-state index in [9.17, 15) is 0 Å². The molecule has 2 N–H and O–H groups in total. The molecule has 0 unspecified atom stereocenters. The molecule has 2 heterocycles. The van der Waals surface area contributed by atoms with Gasteiger partial charge < -0.3 is 25.2 Å². The Labute approximate surface area is 161 Å². The third-order valence-corrected chi connectivity index (χ3v) is 3.92. The van der Waals surface area contributed by atoms with Crippen molar-refractivity contribution in [1.82, 2.24) is 20.5 Å². The number of guanidine groups is 1. The van der Waals surface area contributed by atoms with Gasteiger partial charge in [-0.2, -0.15) is 0 Å². The molecule has 0 aliphatic carbocycles. The summed E-state index contributed by atoms with van der Waals surface area (Å²) < 4.78 is 5.03. The molecule has 1 aromatic heterocycles. The smallest absolute Gasteiger partial charge is 0.191 e. The molecule has 7 nitrogen and oxygen atoms in total. The van der Waals surface area contributed by atoms with Crippen molar-refractivity contribution < 1.29 is 4.74 Å². The summed E-state index contributed by atoms with van der Waals surface area (Å²) in [5.41, 5.74) is 1.20. The Morgan fingerprint density at radius 3 is 2.71 bits per heavy atom. The van der Waals surface area contributed by atoms with E-state index in [-0.39, 0.29) is 24.0 Å². The lowest BCUT2D eigenvalue weighted by Gasteiger charge is -2.33. The summed E-state index contributed by atoms with van der Waals surface area (Å²) in [7, 11) is 5.62. The molecule has 1 fully saturated rings. The van der Waals surface area contributed by atoms with Gasteiger partial charge in [0.05, 0.1) is 6.61 Å². The first kappa shape index (κ1) is 20.9. The molecule has 0 bridgehead atoms. The van der Waals surface area contributed by atoms with E-state index in [0.717, 1.165) is 51.0 Å². The zero-order valence-corrected chi connectivity index (χ0v) is 17.1. The monoisotopic (exact) mass is 448 g/mol. The number of piperazine rings is 1. The maximum Gasteiger partial charge on any atom is 0.191 e. The van der Waals surface area contributed by atoms with Gasteiger partial charge in [0, 0.05) is 59.6 Å². The van der Waals surface area contributed by atoms with Crippen LogP contribution in [0.3, 0.4) is 0 Å². The van der Waals surface area contributed by atoms with E-state index in [4.69, 9.17) is 4.74 Å². The largest absolute Gasteiger partial charge is 0.383 e. The molecular formula is C16H29IN6O. The summed E-state index contributed by atoms with van der Waals surface area (Å²) in [6.45, 7) is 6.33. The van der Waals surface area contributed by atoms with Crippen LogP contribution in [0.25, 0.3) is 0 Å². The van der Waals surface area contributed by atoms with Crippen LogP contribution in [-0.4, -0.2) is 76.4 Å². The fourth-order valence-electron chi connectivity index (χ4n) is 2.46. The average Bonchev–Trinajstić information content (AvgIpc) is 2.59. The number of hydrogen-bond acceptors (Lipinski definition) is 5. The molecule has 0 radical (unpaired) electrons. The zero-order valence-electron chi connectivity index (χ0n) is 14.8. The first-order chi connectivity index (χ1) is 11.2. The molecule has 1 aromatic rings. The van der Waals surface area contributed by atoms with E-state index in [1.165, 1.54) is 5.56 Å². The van der Waals surface area contributed by atoms with Crippen LogP contribution in [0.4, 0.5) is 5.82 Å². The molecule has 0 aromatic carbocycles. The predicted molar refractivity (Wildman–Crippen MR) is 109 cm³/mol. The van der Waals surface area contributed by atoms with Gasteiger partial charge in [0.1, 0.15) is 5.82 Å². The second kappa shape index (κ2) is 11.4. The first-order valence-electron chi connectivity index (χ1n) is 8.05. The fraction of sp³-hybridized carbons (Fsp3) is 0.625. The Hall–Kier alpha value is -1.13. The van der Waals surface area contributed by atoms with Gasteiger partial charge in [-0.25, -0.2) is 4.98 Å². The van der Waals surface area contributed by atoms with Gasteiger partial charge in [-0.05, 0) is 24.7 Å². The number of likely N-dealkylation sites (N-methyl/N-ethyl adjacent to an activating group) is 1. The van der Waals surface area contributed by atoms with Crippen LogP contribution in [0, 0.1) is 0 Å². The maximum absolute atomic E-state index is 5.03. The number of anilines is 1. The van der Waals surface area contributed by atoms with E-state index >= 15 is 0 Å². The molecule has 0 saturated carbocycles. The highest BCUT2D eigenvalue weighted by molar-refractivity contribution is 14.0. The zero-order chi connectivity index (χ0) is 16.5. The van der Waals surface area contributed by atoms with Crippen LogP contribution in [-0.2, 0) is 11.3 Å². The minimum Gasteiger partial charge on any atom is -0.383 e. The quantitative estimate of drug-likeness (QED) is 0.290. The number of rotatable bonds is 6. The molecule has 0 spiro atoms. The predicted octanol–water partition coefficient (Wildman–Crippen LogP) is 0.763. The van der Waals surface area contributed by atoms with Crippen LogP contribution in [0.1, 0.15) is 5.56 Å². The molecular weight excluding hydrogens is 419 g/mol. The highest BCUT2D eigenvalue weighted by Gasteiger charge is 2.15. The van der Waals surface area contributed by atoms with Crippen molar-refractivity contribution in [3.05, 3.63) is 23.9 Å². The summed E-state index contributed by atoms with van der Waals surface area (Å²) in [4.78, 5) is 13.4. The van der Waals surface area contributed by atoms with E-state index in [1.807, 2.05) is 12.3 Å². The van der Waals surface area contributed by atoms with Crippen LogP contribution in [0.5, 0.6) is 0 Å². The molecule has 1 aliphatic rings. The number of aliphatic imine (C=N–C) groups is 1. The first-order valence-corrected chi connectivity index (χ1v) is 8.05. The van der Waals surface area contributed by atoms with Gasteiger partial charge in [-0.3, -0.25) is 4.99 Å². The van der Waals surface area contributed by atoms with Crippen molar-refractivity contribution in [1.29, 1.82) is 0 Å². The van der Waals surface area contributed by atoms with Crippen LogP contribution in [0.15, 0.2) is 23.3 Å². The third-order valence-electron chi connectivity index (χ3n) is 3.92. The van der Waals surface area contributed by atoms with Crippen molar-refractivity contribution >= 4 is 35.8 Å². The van der Waals surface area contributed by atoms with Gasteiger partial charge in [0.25, 0.3) is 0 Å². The highest BCUT2D eigenvalue weighted by atomic mass is 127. The second-order valence-electron chi connectivity index (χ2n) is 5.66. The maximum atomic E-state index is 5.03. The van der Waals surface area contributed by atoms with Gasteiger partial charge >= 0.3 is 0 Å². The Morgan fingerprint density at radius 1 is 1.29 bits per heavy atom. The number of ether oxygens (including phenoxy) is 1. The van der Waals surface area contributed by atoms with Crippen LogP contribution in [0.2, 0.25) is 0 Å². The van der Waals surface area contributed by atoms with E-state index in [2.05, 4.69) is 43.5 Å². The number of halogens is 1. The van der Waals surface area contributed by atoms with Crippen molar-refractivity contribution in [2.24, 2.45) is 4.99 Å². The number of aromatic nitrogens is 1. The minimum atomic E-state index is 0. The van der Waals surface area contributed by atoms with Crippen LogP contribution >= 0.6 is 24.0 Å². The highest BCUT2D eigenvalue weighted by Crippen LogP contribution is 2.14. The molecule has 8 heteroatoms. The van der Waals surface area contributed by atoms with E-state index < -0.39 is 0 Å². The lowest BCUT2D eigenvalue weighted by atomic mass is 10.2. The Morgan fingerprint density at radius 2 is 2.04 bits per heavy atom. The Balaban J connectivity index is 0.00000288. The van der Waals surface area contributed by atoms with Crippen LogP contribution < -0.4 is 15.5 Å². The van der Waals surface area contributed by atoms with E-state index in [0.29, 0.717) is 6.61 Å².